The van der Waals surface area contributed by atoms with E-state index in [0.717, 1.165) is 6.42 Å². The molecule has 2 atom stereocenters. The lowest BCUT2D eigenvalue weighted by Gasteiger charge is -2.20. The molecule has 21 heavy (non-hydrogen) atoms. The number of carbonyl (C=O) groups excluding carboxylic acids is 1. The fourth-order valence-corrected chi connectivity index (χ4v) is 2.54. The fraction of sp³-hybridized carbons (Fsp3) is 0.636. The monoisotopic (exact) mass is 311 g/mol. The highest BCUT2D eigenvalue weighted by Crippen LogP contribution is 2.23. The minimum atomic E-state index is -0.486. The van der Waals surface area contributed by atoms with E-state index in [1.54, 1.807) is 7.11 Å². The van der Waals surface area contributed by atoms with Crippen LogP contribution in [0.3, 0.4) is 0 Å². The first-order valence-corrected chi connectivity index (χ1v) is 7.32. The summed E-state index contributed by atoms with van der Waals surface area (Å²) in [6.45, 7) is 4.36. The number of anilines is 1. The van der Waals surface area contributed by atoms with E-state index in [2.05, 4.69) is 31.0 Å². The Morgan fingerprint density at radius 1 is 1.52 bits per heavy atom. The number of hydrogen-bond acceptors (Lipinski definition) is 8. The van der Waals surface area contributed by atoms with Gasteiger partial charge in [-0.25, -0.2) is 4.68 Å². The molecule has 0 aliphatic carbocycles. The maximum atomic E-state index is 12.5. The number of ether oxygens (including phenoxy) is 1. The number of carbonyl (C=O) groups is 1. The first-order valence-electron chi connectivity index (χ1n) is 6.50. The SMILES string of the molecule is CCC(C)C(C(=O)Nc1nnc(COC)s1)n1cnnn1. The molecular weight excluding hydrogens is 294 g/mol. The minimum Gasteiger partial charge on any atom is -0.377 e. The predicted molar refractivity (Wildman–Crippen MR) is 75.6 cm³/mol. The smallest absolute Gasteiger partial charge is 0.251 e. The van der Waals surface area contributed by atoms with Crippen LogP contribution in [-0.2, 0) is 16.1 Å². The van der Waals surface area contributed by atoms with Crippen molar-refractivity contribution < 1.29 is 9.53 Å². The van der Waals surface area contributed by atoms with Gasteiger partial charge in [-0.2, -0.15) is 0 Å². The Bertz CT molecular complexity index is 571. The van der Waals surface area contributed by atoms with Crippen molar-refractivity contribution in [2.75, 3.05) is 12.4 Å². The molecule has 1 N–H and O–H groups in total. The molecule has 10 heteroatoms. The van der Waals surface area contributed by atoms with Gasteiger partial charge in [-0.15, -0.1) is 15.3 Å². The molecule has 0 bridgehead atoms. The zero-order valence-corrected chi connectivity index (χ0v) is 12.9. The molecule has 0 saturated heterocycles. The summed E-state index contributed by atoms with van der Waals surface area (Å²) in [5, 5.41) is 22.7. The number of nitrogens with zero attached hydrogens (tertiary/aromatic N) is 6. The molecule has 0 radical (unpaired) electrons. The third kappa shape index (κ3) is 3.79. The molecule has 0 spiro atoms. The van der Waals surface area contributed by atoms with Crippen molar-refractivity contribution >= 4 is 22.4 Å². The fourth-order valence-electron chi connectivity index (χ4n) is 1.82. The second kappa shape index (κ2) is 7.18. The highest BCUT2D eigenvalue weighted by molar-refractivity contribution is 7.15. The number of tetrazole rings is 1. The van der Waals surface area contributed by atoms with Crippen molar-refractivity contribution in [3.8, 4) is 0 Å². The Hall–Kier alpha value is -1.94. The molecule has 2 rings (SSSR count). The van der Waals surface area contributed by atoms with E-state index >= 15 is 0 Å². The maximum Gasteiger partial charge on any atom is 0.251 e. The lowest BCUT2D eigenvalue weighted by molar-refractivity contribution is -0.121. The topological polar surface area (TPSA) is 108 Å². The molecule has 0 fully saturated rings. The summed E-state index contributed by atoms with van der Waals surface area (Å²) in [4.78, 5) is 12.5. The van der Waals surface area contributed by atoms with Crippen molar-refractivity contribution in [1.29, 1.82) is 0 Å². The molecule has 2 heterocycles. The van der Waals surface area contributed by atoms with E-state index in [1.165, 1.54) is 22.3 Å². The lowest BCUT2D eigenvalue weighted by atomic mass is 9.99. The molecule has 9 nitrogen and oxygen atoms in total. The van der Waals surface area contributed by atoms with Gasteiger partial charge in [-0.1, -0.05) is 31.6 Å². The van der Waals surface area contributed by atoms with E-state index in [0.29, 0.717) is 16.7 Å². The van der Waals surface area contributed by atoms with Gasteiger partial charge >= 0.3 is 0 Å². The zero-order valence-electron chi connectivity index (χ0n) is 12.1. The Balaban J connectivity index is 2.11. The zero-order chi connectivity index (χ0) is 15.2. The van der Waals surface area contributed by atoms with E-state index in [1.807, 2.05) is 13.8 Å². The van der Waals surface area contributed by atoms with Gasteiger partial charge in [0.2, 0.25) is 5.13 Å². The molecular formula is C11H17N7O2S. The van der Waals surface area contributed by atoms with E-state index in [-0.39, 0.29) is 11.8 Å². The van der Waals surface area contributed by atoms with Gasteiger partial charge in [0.25, 0.3) is 5.91 Å². The Morgan fingerprint density at radius 3 is 2.95 bits per heavy atom. The Kier molecular flexibility index (Phi) is 5.28. The summed E-state index contributed by atoms with van der Waals surface area (Å²) in [6.07, 6.45) is 2.26. The maximum absolute atomic E-state index is 12.5. The van der Waals surface area contributed by atoms with Crippen LogP contribution in [0.25, 0.3) is 0 Å². The Morgan fingerprint density at radius 2 is 2.33 bits per heavy atom. The number of methoxy groups -OCH3 is 1. The van der Waals surface area contributed by atoms with Gasteiger partial charge < -0.3 is 4.74 Å². The van der Waals surface area contributed by atoms with Crippen LogP contribution in [0.4, 0.5) is 5.13 Å². The number of nitrogens with one attached hydrogen (secondary N) is 1. The van der Waals surface area contributed by atoms with Crippen molar-refractivity contribution in [3.05, 3.63) is 11.3 Å². The standard InChI is InChI=1S/C11H17N7O2S/c1-4-7(2)9(18-6-12-16-17-18)10(19)13-11-15-14-8(21-11)5-20-3/h6-7,9H,4-5H2,1-3H3,(H,13,15,19). The summed E-state index contributed by atoms with van der Waals surface area (Å²) in [5.74, 6) is -0.128. The van der Waals surface area contributed by atoms with Gasteiger partial charge in [0, 0.05) is 7.11 Å². The van der Waals surface area contributed by atoms with Gasteiger partial charge in [0.15, 0.2) is 0 Å². The van der Waals surface area contributed by atoms with Gasteiger partial charge in [0.1, 0.15) is 24.0 Å². The van der Waals surface area contributed by atoms with Crippen molar-refractivity contribution in [2.45, 2.75) is 32.9 Å². The van der Waals surface area contributed by atoms with Crippen LogP contribution in [-0.4, -0.2) is 43.4 Å². The van der Waals surface area contributed by atoms with E-state index in [4.69, 9.17) is 4.74 Å². The molecule has 0 aliphatic heterocycles. The van der Waals surface area contributed by atoms with Gasteiger partial charge in [0.05, 0.1) is 0 Å². The van der Waals surface area contributed by atoms with Crippen LogP contribution in [0, 0.1) is 5.92 Å². The molecule has 0 aromatic carbocycles. The van der Waals surface area contributed by atoms with Crippen molar-refractivity contribution in [2.24, 2.45) is 5.92 Å². The minimum absolute atomic E-state index is 0.0832. The average molecular weight is 311 g/mol. The number of aromatic nitrogens is 6. The van der Waals surface area contributed by atoms with Crippen LogP contribution in [0.2, 0.25) is 0 Å². The number of amides is 1. The molecule has 114 valence electrons. The van der Waals surface area contributed by atoms with Crippen LogP contribution in [0.15, 0.2) is 6.33 Å². The summed E-state index contributed by atoms with van der Waals surface area (Å²) in [5.41, 5.74) is 0. The largest absolute Gasteiger partial charge is 0.377 e. The molecule has 0 saturated carbocycles. The number of hydrogen-bond donors (Lipinski definition) is 1. The average Bonchev–Trinajstić information content (AvgIpc) is 3.11. The van der Waals surface area contributed by atoms with Crippen molar-refractivity contribution in [1.82, 2.24) is 30.4 Å². The van der Waals surface area contributed by atoms with Crippen molar-refractivity contribution in [3.63, 3.8) is 0 Å². The van der Waals surface area contributed by atoms with E-state index in [9.17, 15) is 4.79 Å². The van der Waals surface area contributed by atoms with Crippen LogP contribution in [0.5, 0.6) is 0 Å². The summed E-state index contributed by atoms with van der Waals surface area (Å²) in [7, 11) is 1.58. The first kappa shape index (κ1) is 15.4. The normalized spacial score (nSPS) is 13.9. The quantitative estimate of drug-likeness (QED) is 0.809. The summed E-state index contributed by atoms with van der Waals surface area (Å²) in [6, 6.07) is -0.486. The van der Waals surface area contributed by atoms with Gasteiger partial charge in [-0.3, -0.25) is 10.1 Å². The second-order valence-corrected chi connectivity index (χ2v) is 5.61. The second-order valence-electron chi connectivity index (χ2n) is 4.54. The third-order valence-corrected chi connectivity index (χ3v) is 3.88. The molecule has 2 aromatic heterocycles. The van der Waals surface area contributed by atoms with Crippen LogP contribution in [0.1, 0.15) is 31.3 Å². The third-order valence-electron chi connectivity index (χ3n) is 3.07. The Labute approximate surface area is 125 Å². The predicted octanol–water partition coefficient (Wildman–Crippen LogP) is 0.897. The molecule has 1 amide bonds. The van der Waals surface area contributed by atoms with E-state index < -0.39 is 6.04 Å². The highest BCUT2D eigenvalue weighted by atomic mass is 32.1. The van der Waals surface area contributed by atoms with Crippen LogP contribution < -0.4 is 5.32 Å². The van der Waals surface area contributed by atoms with Crippen LogP contribution >= 0.6 is 11.3 Å². The molecule has 2 unspecified atom stereocenters. The first-order chi connectivity index (χ1) is 10.2. The molecule has 0 aliphatic rings. The van der Waals surface area contributed by atoms with Gasteiger partial charge in [-0.05, 0) is 16.3 Å². The molecule has 2 aromatic rings. The lowest BCUT2D eigenvalue weighted by Crippen LogP contribution is -2.31. The highest BCUT2D eigenvalue weighted by Gasteiger charge is 2.28. The summed E-state index contributed by atoms with van der Waals surface area (Å²) >= 11 is 1.28. The number of rotatable bonds is 7. The summed E-state index contributed by atoms with van der Waals surface area (Å²) < 4.78 is 6.43.